The maximum atomic E-state index is 12.3. The Balaban J connectivity index is 1.70. The minimum Gasteiger partial charge on any atom is -0.324 e. The maximum absolute atomic E-state index is 12.3. The molecular formula is C14H15ClN4OS2. The van der Waals surface area contributed by atoms with E-state index in [4.69, 9.17) is 17.3 Å². The van der Waals surface area contributed by atoms with Crippen molar-refractivity contribution < 1.29 is 4.79 Å². The van der Waals surface area contributed by atoms with Crippen molar-refractivity contribution in [3.63, 3.8) is 0 Å². The topological polar surface area (TPSA) is 80.9 Å². The van der Waals surface area contributed by atoms with Crippen LogP contribution >= 0.6 is 34.7 Å². The van der Waals surface area contributed by atoms with E-state index in [1.165, 1.54) is 23.1 Å². The number of carbonyl (C=O) groups is 1. The van der Waals surface area contributed by atoms with E-state index in [1.807, 2.05) is 12.1 Å². The lowest BCUT2D eigenvalue weighted by Crippen LogP contribution is -2.48. The predicted octanol–water partition coefficient (Wildman–Crippen LogP) is 3.55. The summed E-state index contributed by atoms with van der Waals surface area (Å²) in [5, 5.41) is 11.2. The molecule has 1 saturated carbocycles. The van der Waals surface area contributed by atoms with Crippen molar-refractivity contribution in [3.05, 3.63) is 28.7 Å². The Morgan fingerprint density at radius 1 is 1.41 bits per heavy atom. The first kappa shape index (κ1) is 15.7. The standard InChI is InChI=1S/C14H15ClN4OS2/c15-10-7-9(18-12(20)14(16)5-1-2-6-14)3-4-11(10)22-13-19-17-8-21-13/h3-4,7-8H,1-2,5-6,16H2,(H,18,20). The third kappa shape index (κ3) is 3.43. The van der Waals surface area contributed by atoms with Gasteiger partial charge in [0.25, 0.3) is 0 Å². The summed E-state index contributed by atoms with van der Waals surface area (Å²) in [5.41, 5.74) is 7.74. The largest absolute Gasteiger partial charge is 0.324 e. The lowest BCUT2D eigenvalue weighted by atomic mass is 9.98. The quantitative estimate of drug-likeness (QED) is 0.877. The number of nitrogens with zero attached hydrogens (tertiary/aromatic N) is 2. The van der Waals surface area contributed by atoms with Gasteiger partial charge in [-0.05, 0) is 31.0 Å². The van der Waals surface area contributed by atoms with E-state index in [0.717, 1.165) is 34.9 Å². The van der Waals surface area contributed by atoms with Crippen LogP contribution in [0, 0.1) is 0 Å². The number of aromatic nitrogens is 2. The molecule has 0 radical (unpaired) electrons. The fraction of sp³-hybridized carbons (Fsp3) is 0.357. The second-order valence-corrected chi connectivity index (χ2v) is 7.80. The normalized spacial score (nSPS) is 16.6. The van der Waals surface area contributed by atoms with Crippen LogP contribution in [-0.2, 0) is 4.79 Å². The monoisotopic (exact) mass is 354 g/mol. The van der Waals surface area contributed by atoms with Gasteiger partial charge in [0, 0.05) is 10.6 Å². The van der Waals surface area contributed by atoms with Gasteiger partial charge < -0.3 is 11.1 Å². The van der Waals surface area contributed by atoms with E-state index < -0.39 is 5.54 Å². The Morgan fingerprint density at radius 3 is 2.82 bits per heavy atom. The summed E-state index contributed by atoms with van der Waals surface area (Å²) in [5.74, 6) is -0.134. The van der Waals surface area contributed by atoms with Gasteiger partial charge in [0.2, 0.25) is 5.91 Å². The minimum atomic E-state index is -0.744. The highest BCUT2D eigenvalue weighted by Crippen LogP contribution is 2.35. The summed E-state index contributed by atoms with van der Waals surface area (Å²) < 4.78 is 0.825. The van der Waals surface area contributed by atoms with Crippen LogP contribution in [0.5, 0.6) is 0 Å². The minimum absolute atomic E-state index is 0.134. The van der Waals surface area contributed by atoms with Gasteiger partial charge in [-0.3, -0.25) is 4.79 Å². The first-order valence-corrected chi connectivity index (χ1v) is 8.98. The molecule has 1 heterocycles. The number of carbonyl (C=O) groups excluding carboxylic acids is 1. The Morgan fingerprint density at radius 2 is 2.18 bits per heavy atom. The van der Waals surface area contributed by atoms with Crippen LogP contribution < -0.4 is 11.1 Å². The lowest BCUT2D eigenvalue weighted by molar-refractivity contribution is -0.121. The number of rotatable bonds is 4. The number of hydrogen-bond acceptors (Lipinski definition) is 6. The average molecular weight is 355 g/mol. The smallest absolute Gasteiger partial charge is 0.244 e. The van der Waals surface area contributed by atoms with Crippen LogP contribution in [0.2, 0.25) is 5.02 Å². The van der Waals surface area contributed by atoms with E-state index in [-0.39, 0.29) is 5.91 Å². The first-order valence-electron chi connectivity index (χ1n) is 6.91. The fourth-order valence-electron chi connectivity index (χ4n) is 2.45. The van der Waals surface area contributed by atoms with Crippen molar-refractivity contribution in [2.24, 2.45) is 5.73 Å². The van der Waals surface area contributed by atoms with Gasteiger partial charge in [-0.2, -0.15) is 0 Å². The SMILES string of the molecule is NC1(C(=O)Nc2ccc(Sc3nncs3)c(Cl)c2)CCCC1. The van der Waals surface area contributed by atoms with E-state index in [0.29, 0.717) is 10.7 Å². The molecule has 3 rings (SSSR count). The highest BCUT2D eigenvalue weighted by Gasteiger charge is 2.36. The second-order valence-electron chi connectivity index (χ2n) is 5.27. The van der Waals surface area contributed by atoms with Crippen molar-refractivity contribution in [1.82, 2.24) is 10.2 Å². The van der Waals surface area contributed by atoms with Gasteiger partial charge in [-0.25, -0.2) is 0 Å². The first-order chi connectivity index (χ1) is 10.6. The summed E-state index contributed by atoms with van der Waals surface area (Å²) >= 11 is 9.18. The third-order valence-electron chi connectivity index (χ3n) is 3.68. The molecule has 2 aromatic rings. The fourth-order valence-corrected chi connectivity index (χ4v) is 4.19. The molecule has 0 aliphatic heterocycles. The molecular weight excluding hydrogens is 340 g/mol. The Bertz CT molecular complexity index is 671. The number of benzene rings is 1. The Kier molecular flexibility index (Phi) is 4.67. The van der Waals surface area contributed by atoms with Crippen LogP contribution in [0.4, 0.5) is 5.69 Å². The number of hydrogen-bond donors (Lipinski definition) is 2. The summed E-state index contributed by atoms with van der Waals surface area (Å²) in [6.45, 7) is 0. The molecule has 0 bridgehead atoms. The van der Waals surface area contributed by atoms with E-state index in [9.17, 15) is 4.79 Å². The Labute approximate surface area is 141 Å². The average Bonchev–Trinajstić information content (AvgIpc) is 3.14. The number of halogens is 1. The van der Waals surface area contributed by atoms with Crippen molar-refractivity contribution in [3.8, 4) is 0 Å². The van der Waals surface area contributed by atoms with Gasteiger partial charge in [-0.1, -0.05) is 47.5 Å². The maximum Gasteiger partial charge on any atom is 0.244 e. The molecule has 0 saturated heterocycles. The molecule has 22 heavy (non-hydrogen) atoms. The molecule has 1 aliphatic carbocycles. The molecule has 1 fully saturated rings. The zero-order chi connectivity index (χ0) is 15.6. The summed E-state index contributed by atoms with van der Waals surface area (Å²) in [6, 6.07) is 5.43. The van der Waals surface area contributed by atoms with Crippen molar-refractivity contribution in [1.29, 1.82) is 0 Å². The van der Waals surface area contributed by atoms with Gasteiger partial charge >= 0.3 is 0 Å². The van der Waals surface area contributed by atoms with E-state index in [2.05, 4.69) is 15.5 Å². The van der Waals surface area contributed by atoms with Crippen LogP contribution in [0.25, 0.3) is 0 Å². The summed E-state index contributed by atoms with van der Waals surface area (Å²) in [7, 11) is 0. The molecule has 0 atom stereocenters. The Hall–Kier alpha value is -1.15. The molecule has 1 aromatic carbocycles. The highest BCUT2D eigenvalue weighted by molar-refractivity contribution is 8.01. The van der Waals surface area contributed by atoms with Crippen LogP contribution in [0.1, 0.15) is 25.7 Å². The zero-order valence-electron chi connectivity index (χ0n) is 11.7. The lowest BCUT2D eigenvalue weighted by Gasteiger charge is -2.22. The molecule has 8 heteroatoms. The molecule has 0 unspecified atom stereocenters. The van der Waals surface area contributed by atoms with Crippen LogP contribution in [-0.4, -0.2) is 21.6 Å². The number of nitrogens with two attached hydrogens (primary N) is 1. The van der Waals surface area contributed by atoms with E-state index >= 15 is 0 Å². The van der Waals surface area contributed by atoms with Crippen molar-refractivity contribution in [2.45, 2.75) is 40.5 Å². The zero-order valence-corrected chi connectivity index (χ0v) is 14.1. The number of anilines is 1. The molecule has 116 valence electrons. The number of amides is 1. The third-order valence-corrected chi connectivity index (χ3v) is 5.95. The van der Waals surface area contributed by atoms with Crippen molar-refractivity contribution >= 4 is 46.3 Å². The van der Waals surface area contributed by atoms with E-state index in [1.54, 1.807) is 11.6 Å². The highest BCUT2D eigenvalue weighted by atomic mass is 35.5. The van der Waals surface area contributed by atoms with Crippen LogP contribution in [0.15, 0.2) is 32.9 Å². The van der Waals surface area contributed by atoms with Gasteiger partial charge in [-0.15, -0.1) is 10.2 Å². The molecule has 3 N–H and O–H groups in total. The van der Waals surface area contributed by atoms with Crippen LogP contribution in [0.3, 0.4) is 0 Å². The van der Waals surface area contributed by atoms with Gasteiger partial charge in [0.05, 0.1) is 10.6 Å². The molecule has 5 nitrogen and oxygen atoms in total. The summed E-state index contributed by atoms with van der Waals surface area (Å²) in [6.07, 6.45) is 3.47. The molecule has 1 amide bonds. The number of nitrogens with one attached hydrogen (secondary N) is 1. The molecule has 0 spiro atoms. The van der Waals surface area contributed by atoms with Gasteiger partial charge in [0.15, 0.2) is 4.34 Å². The van der Waals surface area contributed by atoms with Gasteiger partial charge in [0.1, 0.15) is 5.51 Å². The predicted molar refractivity (Wildman–Crippen MR) is 89.5 cm³/mol. The molecule has 1 aromatic heterocycles. The second kappa shape index (κ2) is 6.54. The molecule has 1 aliphatic rings. The summed E-state index contributed by atoms with van der Waals surface area (Å²) in [4.78, 5) is 13.2. The van der Waals surface area contributed by atoms with Crippen molar-refractivity contribution in [2.75, 3.05) is 5.32 Å².